The first-order valence-corrected chi connectivity index (χ1v) is 6.75. The van der Waals surface area contributed by atoms with Crippen LogP contribution in [0.15, 0.2) is 24.3 Å². The van der Waals surface area contributed by atoms with E-state index >= 15 is 0 Å². The Morgan fingerprint density at radius 3 is 2.05 bits per heavy atom. The highest BCUT2D eigenvalue weighted by molar-refractivity contribution is 6.14. The molecule has 0 heterocycles. The van der Waals surface area contributed by atoms with Crippen LogP contribution in [0.25, 0.3) is 0 Å². The summed E-state index contributed by atoms with van der Waals surface area (Å²) in [7, 11) is 0. The largest absolute Gasteiger partial charge is 0.506 e. The van der Waals surface area contributed by atoms with Gasteiger partial charge in [0.15, 0.2) is 5.78 Å². The van der Waals surface area contributed by atoms with Crippen LogP contribution < -0.4 is 0 Å². The van der Waals surface area contributed by atoms with Crippen LogP contribution in [0.2, 0.25) is 0 Å². The third-order valence-electron chi connectivity index (χ3n) is 2.79. The summed E-state index contributed by atoms with van der Waals surface area (Å²) in [5, 5.41) is 10.2. The number of ketones is 1. The lowest BCUT2D eigenvalue weighted by atomic mass is 9.97. The molecule has 0 bridgehead atoms. The van der Waals surface area contributed by atoms with Crippen molar-refractivity contribution in [2.24, 2.45) is 0 Å². The molecule has 1 aromatic carbocycles. The van der Waals surface area contributed by atoms with Gasteiger partial charge in [-0.25, -0.2) is 9.59 Å². The lowest BCUT2D eigenvalue weighted by Gasteiger charge is -2.13. The highest BCUT2D eigenvalue weighted by Crippen LogP contribution is 2.29. The van der Waals surface area contributed by atoms with E-state index in [-0.39, 0.29) is 35.5 Å². The number of esters is 2. The molecule has 0 amide bonds. The zero-order valence-electron chi connectivity index (χ0n) is 12.8. The number of hydrogen-bond donors (Lipinski definition) is 1. The Balaban J connectivity index is 3.51. The SMILES string of the molecule is C=C(C)C(=O)c1ccc(C(=O)OCC)c(C(=O)OCC)c1O. The molecule has 0 fully saturated rings. The smallest absolute Gasteiger partial charge is 0.342 e. The number of allylic oxidation sites excluding steroid dienone is 1. The molecule has 0 aliphatic heterocycles. The quantitative estimate of drug-likeness (QED) is 0.493. The molecule has 0 unspecified atom stereocenters. The van der Waals surface area contributed by atoms with E-state index in [1.165, 1.54) is 19.1 Å². The molecule has 0 aliphatic rings. The van der Waals surface area contributed by atoms with Gasteiger partial charge in [-0.1, -0.05) is 6.58 Å². The molecule has 0 radical (unpaired) electrons. The van der Waals surface area contributed by atoms with Crippen LogP contribution in [-0.2, 0) is 9.47 Å². The van der Waals surface area contributed by atoms with Crippen molar-refractivity contribution in [3.05, 3.63) is 41.0 Å². The topological polar surface area (TPSA) is 89.9 Å². The van der Waals surface area contributed by atoms with Gasteiger partial charge >= 0.3 is 11.9 Å². The van der Waals surface area contributed by atoms with Crippen LogP contribution in [0, 0.1) is 0 Å². The number of carbonyl (C=O) groups excluding carboxylic acids is 3. The third kappa shape index (κ3) is 3.52. The van der Waals surface area contributed by atoms with Gasteiger partial charge in [-0.05, 0) is 38.5 Å². The standard InChI is InChI=1S/C16H18O6/c1-5-21-15(19)10-7-8-11(13(17)9(3)4)14(18)12(10)16(20)22-6-2/h7-8,18H,3,5-6H2,1-2,4H3. The zero-order valence-corrected chi connectivity index (χ0v) is 12.8. The fraction of sp³-hybridized carbons (Fsp3) is 0.312. The molecule has 1 N–H and O–H groups in total. The molecule has 118 valence electrons. The monoisotopic (exact) mass is 306 g/mol. The lowest BCUT2D eigenvalue weighted by molar-refractivity contribution is 0.0475. The maximum Gasteiger partial charge on any atom is 0.342 e. The second-order valence-electron chi connectivity index (χ2n) is 4.43. The van der Waals surface area contributed by atoms with Gasteiger partial charge in [0.05, 0.1) is 24.3 Å². The van der Waals surface area contributed by atoms with E-state index in [1.807, 2.05) is 0 Å². The van der Waals surface area contributed by atoms with E-state index in [9.17, 15) is 19.5 Å². The molecule has 6 heteroatoms. The highest BCUT2D eigenvalue weighted by Gasteiger charge is 2.27. The number of ether oxygens (including phenoxy) is 2. The Morgan fingerprint density at radius 2 is 1.55 bits per heavy atom. The Kier molecular flexibility index (Phi) is 5.86. The van der Waals surface area contributed by atoms with Gasteiger partial charge in [-0.3, -0.25) is 4.79 Å². The van der Waals surface area contributed by atoms with Gasteiger partial charge in [-0.15, -0.1) is 0 Å². The summed E-state index contributed by atoms with van der Waals surface area (Å²) in [6.45, 7) is 8.34. The van der Waals surface area contributed by atoms with E-state index in [0.717, 1.165) is 0 Å². The molecular formula is C16H18O6. The number of carbonyl (C=O) groups is 3. The number of rotatable bonds is 6. The van der Waals surface area contributed by atoms with Crippen molar-refractivity contribution in [3.63, 3.8) is 0 Å². The fourth-order valence-electron chi connectivity index (χ4n) is 1.79. The van der Waals surface area contributed by atoms with E-state index in [2.05, 4.69) is 6.58 Å². The number of benzene rings is 1. The van der Waals surface area contributed by atoms with Crippen LogP contribution in [-0.4, -0.2) is 36.0 Å². The summed E-state index contributed by atoms with van der Waals surface area (Å²) in [4.78, 5) is 35.9. The molecule has 1 rings (SSSR count). The van der Waals surface area contributed by atoms with Crippen molar-refractivity contribution in [2.75, 3.05) is 13.2 Å². The first-order valence-electron chi connectivity index (χ1n) is 6.75. The molecule has 6 nitrogen and oxygen atoms in total. The van der Waals surface area contributed by atoms with Gasteiger partial charge in [0.2, 0.25) is 0 Å². The van der Waals surface area contributed by atoms with Gasteiger partial charge in [0.25, 0.3) is 0 Å². The van der Waals surface area contributed by atoms with E-state index < -0.39 is 23.5 Å². The number of phenols is 1. The molecule has 0 saturated carbocycles. The number of Topliss-reactive ketones (excluding diaryl/α,β-unsaturated/α-hetero) is 1. The summed E-state index contributed by atoms with van der Waals surface area (Å²) >= 11 is 0. The summed E-state index contributed by atoms with van der Waals surface area (Å²) in [6.07, 6.45) is 0. The van der Waals surface area contributed by atoms with Gasteiger partial charge < -0.3 is 14.6 Å². The number of hydrogen-bond acceptors (Lipinski definition) is 6. The Hall–Kier alpha value is -2.63. The number of aromatic hydroxyl groups is 1. The minimum Gasteiger partial charge on any atom is -0.506 e. The fourth-order valence-corrected chi connectivity index (χ4v) is 1.79. The zero-order chi connectivity index (χ0) is 16.9. The third-order valence-corrected chi connectivity index (χ3v) is 2.79. The second-order valence-corrected chi connectivity index (χ2v) is 4.43. The predicted molar refractivity (Wildman–Crippen MR) is 79.2 cm³/mol. The average Bonchev–Trinajstić information content (AvgIpc) is 2.46. The minimum atomic E-state index is -0.903. The van der Waals surface area contributed by atoms with Crippen molar-refractivity contribution < 1.29 is 29.0 Å². The summed E-state index contributed by atoms with van der Waals surface area (Å²) in [5.41, 5.74) is -0.471. The molecule has 0 atom stereocenters. The van der Waals surface area contributed by atoms with Gasteiger partial charge in [0, 0.05) is 0 Å². The van der Waals surface area contributed by atoms with Crippen LogP contribution in [0.4, 0.5) is 0 Å². The average molecular weight is 306 g/mol. The second kappa shape index (κ2) is 7.40. The van der Waals surface area contributed by atoms with Crippen LogP contribution in [0.3, 0.4) is 0 Å². The highest BCUT2D eigenvalue weighted by atomic mass is 16.5. The van der Waals surface area contributed by atoms with Crippen molar-refractivity contribution in [2.45, 2.75) is 20.8 Å². The summed E-state index contributed by atoms with van der Waals surface area (Å²) in [5.74, 6) is -2.83. The van der Waals surface area contributed by atoms with Crippen LogP contribution in [0.5, 0.6) is 5.75 Å². The molecule has 0 aromatic heterocycles. The Bertz CT molecular complexity index is 630. The van der Waals surface area contributed by atoms with Crippen LogP contribution >= 0.6 is 0 Å². The van der Waals surface area contributed by atoms with E-state index in [4.69, 9.17) is 9.47 Å². The van der Waals surface area contributed by atoms with E-state index in [1.54, 1.807) is 13.8 Å². The molecule has 1 aromatic rings. The minimum absolute atomic E-state index is 0.0548. The Morgan fingerprint density at radius 1 is 1.05 bits per heavy atom. The van der Waals surface area contributed by atoms with Gasteiger partial charge in [0.1, 0.15) is 11.3 Å². The molecule has 0 aliphatic carbocycles. The molecular weight excluding hydrogens is 288 g/mol. The molecule has 22 heavy (non-hydrogen) atoms. The van der Waals surface area contributed by atoms with Crippen LogP contribution in [0.1, 0.15) is 51.8 Å². The maximum atomic E-state index is 12.0. The van der Waals surface area contributed by atoms with Crippen molar-refractivity contribution in [1.29, 1.82) is 0 Å². The first kappa shape index (κ1) is 17.4. The normalized spacial score (nSPS) is 9.95. The first-order chi connectivity index (χ1) is 10.3. The number of phenolic OH excluding ortho intramolecular Hbond substituents is 1. The lowest BCUT2D eigenvalue weighted by Crippen LogP contribution is -2.16. The van der Waals surface area contributed by atoms with Crippen molar-refractivity contribution in [3.8, 4) is 5.75 Å². The predicted octanol–water partition coefficient (Wildman–Crippen LogP) is 2.50. The van der Waals surface area contributed by atoms with Gasteiger partial charge in [-0.2, -0.15) is 0 Å². The molecule has 0 saturated heterocycles. The Labute approximate surface area is 128 Å². The van der Waals surface area contributed by atoms with Crippen molar-refractivity contribution >= 4 is 17.7 Å². The van der Waals surface area contributed by atoms with Crippen molar-refractivity contribution in [1.82, 2.24) is 0 Å². The summed E-state index contributed by atoms with van der Waals surface area (Å²) < 4.78 is 9.67. The maximum absolute atomic E-state index is 12.0. The molecule has 0 spiro atoms. The summed E-state index contributed by atoms with van der Waals surface area (Å²) in [6, 6.07) is 2.50. The van der Waals surface area contributed by atoms with E-state index in [0.29, 0.717) is 0 Å².